The molecule has 3 N–H and O–H groups in total. The number of halogens is 1. The van der Waals surface area contributed by atoms with Crippen LogP contribution in [0.4, 0.5) is 0 Å². The van der Waals surface area contributed by atoms with Gasteiger partial charge in [-0.2, -0.15) is 5.10 Å². The first-order chi connectivity index (χ1) is 14.7. The van der Waals surface area contributed by atoms with E-state index < -0.39 is 6.04 Å². The summed E-state index contributed by atoms with van der Waals surface area (Å²) in [5, 5.41) is 21.0. The van der Waals surface area contributed by atoms with Gasteiger partial charge in [0.15, 0.2) is 5.69 Å². The molecule has 0 fully saturated rings. The number of hydrogen-bond acceptors (Lipinski definition) is 3. The molecule has 156 valence electrons. The summed E-state index contributed by atoms with van der Waals surface area (Å²) in [5.41, 5.74) is 4.55. The second-order valence-electron chi connectivity index (χ2n) is 7.86. The molecule has 0 bridgehead atoms. The van der Waals surface area contributed by atoms with Crippen molar-refractivity contribution in [1.82, 2.24) is 15.5 Å². The van der Waals surface area contributed by atoms with E-state index in [-0.39, 0.29) is 18.4 Å². The highest BCUT2D eigenvalue weighted by molar-refractivity contribution is 6.30. The van der Waals surface area contributed by atoms with Crippen LogP contribution in [0.5, 0.6) is 0 Å². The molecule has 0 saturated carbocycles. The largest absolute Gasteiger partial charge is 0.394 e. The molecule has 5 nitrogen and oxygen atoms in total. The summed E-state index contributed by atoms with van der Waals surface area (Å²) >= 11 is 6.16. The maximum Gasteiger partial charge on any atom is 0.272 e. The van der Waals surface area contributed by atoms with Gasteiger partial charge < -0.3 is 10.4 Å². The summed E-state index contributed by atoms with van der Waals surface area (Å²) in [6.45, 7) is -0.167. The third-order valence-corrected chi connectivity index (χ3v) is 6.05. The molecule has 2 atom stereocenters. The molecule has 3 aromatic rings. The van der Waals surface area contributed by atoms with Crippen LogP contribution < -0.4 is 5.32 Å². The molecule has 30 heavy (non-hydrogen) atoms. The monoisotopic (exact) mass is 423 g/mol. The molecule has 0 radical (unpaired) electrons. The SMILES string of the molecule is O=C(N[C@@H](CO)c1ccccc1)c1n[nH]c2c1CCCC[C@H]2Cc1cccc(Cl)c1. The fourth-order valence-corrected chi connectivity index (χ4v) is 4.51. The minimum absolute atomic E-state index is 0.167. The van der Waals surface area contributed by atoms with Gasteiger partial charge in [-0.1, -0.05) is 60.5 Å². The van der Waals surface area contributed by atoms with Crippen LogP contribution in [-0.4, -0.2) is 27.8 Å². The topological polar surface area (TPSA) is 78.0 Å². The summed E-state index contributed by atoms with van der Waals surface area (Å²) in [7, 11) is 0. The first kappa shape index (κ1) is 20.6. The summed E-state index contributed by atoms with van der Waals surface area (Å²) in [4.78, 5) is 13.0. The third kappa shape index (κ3) is 4.58. The Morgan fingerprint density at radius 3 is 2.80 bits per heavy atom. The van der Waals surface area contributed by atoms with Crippen molar-refractivity contribution in [3.05, 3.63) is 87.7 Å². The number of carbonyl (C=O) groups excluding carboxylic acids is 1. The lowest BCUT2D eigenvalue weighted by Crippen LogP contribution is -2.31. The number of aliphatic hydroxyl groups is 1. The number of fused-ring (bicyclic) bond motifs is 1. The van der Waals surface area contributed by atoms with E-state index in [2.05, 4.69) is 21.6 Å². The van der Waals surface area contributed by atoms with Gasteiger partial charge in [0.05, 0.1) is 12.6 Å². The van der Waals surface area contributed by atoms with Crippen LogP contribution in [0.25, 0.3) is 0 Å². The van der Waals surface area contributed by atoms with Crippen molar-refractivity contribution in [2.24, 2.45) is 0 Å². The molecule has 0 aliphatic heterocycles. The molecule has 2 aromatic carbocycles. The van der Waals surface area contributed by atoms with E-state index in [4.69, 9.17) is 11.6 Å². The molecule has 1 aromatic heterocycles. The number of carbonyl (C=O) groups is 1. The zero-order chi connectivity index (χ0) is 20.9. The first-order valence-corrected chi connectivity index (χ1v) is 10.8. The van der Waals surface area contributed by atoms with E-state index in [9.17, 15) is 9.90 Å². The maximum atomic E-state index is 13.0. The average Bonchev–Trinajstić information content (AvgIpc) is 3.09. The van der Waals surface area contributed by atoms with Gasteiger partial charge >= 0.3 is 0 Å². The van der Waals surface area contributed by atoms with Gasteiger partial charge in [0.2, 0.25) is 0 Å². The number of aromatic nitrogens is 2. The van der Waals surface area contributed by atoms with E-state index in [1.165, 1.54) is 5.56 Å². The molecular weight excluding hydrogens is 398 g/mol. The van der Waals surface area contributed by atoms with Crippen LogP contribution in [0, 0.1) is 0 Å². The van der Waals surface area contributed by atoms with Crippen LogP contribution in [0.1, 0.15) is 64.1 Å². The highest BCUT2D eigenvalue weighted by Gasteiger charge is 2.28. The van der Waals surface area contributed by atoms with Crippen molar-refractivity contribution in [1.29, 1.82) is 0 Å². The van der Waals surface area contributed by atoms with E-state index in [0.717, 1.165) is 53.9 Å². The van der Waals surface area contributed by atoms with E-state index in [1.54, 1.807) is 0 Å². The highest BCUT2D eigenvalue weighted by atomic mass is 35.5. The number of aromatic amines is 1. The van der Waals surface area contributed by atoms with E-state index >= 15 is 0 Å². The lowest BCUT2D eigenvalue weighted by molar-refractivity contribution is 0.0910. The normalized spacial score (nSPS) is 17.1. The van der Waals surface area contributed by atoms with E-state index in [0.29, 0.717) is 5.69 Å². The Kier molecular flexibility index (Phi) is 6.50. The van der Waals surface area contributed by atoms with Gasteiger partial charge in [-0.05, 0) is 48.9 Å². The molecule has 0 unspecified atom stereocenters. The number of aliphatic hydroxyl groups excluding tert-OH is 1. The number of nitrogens with zero attached hydrogens (tertiary/aromatic N) is 1. The summed E-state index contributed by atoms with van der Waals surface area (Å²) in [6, 6.07) is 17.0. The Morgan fingerprint density at radius 2 is 2.03 bits per heavy atom. The zero-order valence-electron chi connectivity index (χ0n) is 16.8. The first-order valence-electron chi connectivity index (χ1n) is 10.4. The van der Waals surface area contributed by atoms with Crippen molar-refractivity contribution >= 4 is 17.5 Å². The number of hydrogen-bond donors (Lipinski definition) is 3. The van der Waals surface area contributed by atoms with Crippen molar-refractivity contribution in [3.8, 4) is 0 Å². The summed E-state index contributed by atoms with van der Waals surface area (Å²) in [5.74, 6) is 0.0246. The molecule has 1 aliphatic carbocycles. The fraction of sp³-hybridized carbons (Fsp3) is 0.333. The zero-order valence-corrected chi connectivity index (χ0v) is 17.5. The van der Waals surface area contributed by atoms with Gasteiger partial charge in [-0.3, -0.25) is 9.89 Å². The Labute approximate surface area is 181 Å². The Morgan fingerprint density at radius 1 is 1.20 bits per heavy atom. The van der Waals surface area contributed by atoms with Gasteiger partial charge in [0, 0.05) is 22.2 Å². The molecule has 1 aliphatic rings. The highest BCUT2D eigenvalue weighted by Crippen LogP contribution is 2.33. The van der Waals surface area contributed by atoms with Crippen molar-refractivity contribution in [2.75, 3.05) is 6.61 Å². The Balaban J connectivity index is 1.56. The molecule has 0 spiro atoms. The number of rotatable bonds is 6. The van der Waals surface area contributed by atoms with Crippen LogP contribution in [-0.2, 0) is 12.8 Å². The summed E-state index contributed by atoms with van der Waals surface area (Å²) < 4.78 is 0. The molecule has 6 heteroatoms. The molecule has 0 saturated heterocycles. The Hall–Kier alpha value is -2.63. The predicted molar refractivity (Wildman–Crippen MR) is 118 cm³/mol. The standard InChI is InChI=1S/C24H26ClN3O2/c25-19-11-6-7-16(14-19)13-18-10-4-5-12-20-22(18)27-28-23(20)24(30)26-21(15-29)17-8-2-1-3-9-17/h1-3,6-9,11,14,18,21,29H,4-5,10,12-13,15H2,(H,26,30)(H,27,28)/t18-,21-/m0/s1. The molecule has 1 heterocycles. The van der Waals surface area contributed by atoms with E-state index in [1.807, 2.05) is 48.5 Å². The lowest BCUT2D eigenvalue weighted by atomic mass is 9.91. The Bertz CT molecular complexity index is 1000. The van der Waals surface area contributed by atoms with Gasteiger partial charge in [0.25, 0.3) is 5.91 Å². The predicted octanol–water partition coefficient (Wildman–Crippen LogP) is 4.58. The van der Waals surface area contributed by atoms with Crippen LogP contribution in [0.3, 0.4) is 0 Å². The number of benzene rings is 2. The molecule has 1 amide bonds. The maximum absolute atomic E-state index is 13.0. The average molecular weight is 424 g/mol. The molecular formula is C24H26ClN3O2. The second-order valence-corrected chi connectivity index (χ2v) is 8.30. The number of nitrogens with one attached hydrogen (secondary N) is 2. The van der Waals surface area contributed by atoms with Gasteiger partial charge in [-0.15, -0.1) is 0 Å². The van der Waals surface area contributed by atoms with Gasteiger partial charge in [0.1, 0.15) is 0 Å². The fourth-order valence-electron chi connectivity index (χ4n) is 4.29. The van der Waals surface area contributed by atoms with Crippen LogP contribution >= 0.6 is 11.6 Å². The minimum Gasteiger partial charge on any atom is -0.394 e. The van der Waals surface area contributed by atoms with Crippen molar-refractivity contribution in [3.63, 3.8) is 0 Å². The summed E-state index contributed by atoms with van der Waals surface area (Å²) in [6.07, 6.45) is 4.88. The van der Waals surface area contributed by atoms with Crippen LogP contribution in [0.15, 0.2) is 54.6 Å². The lowest BCUT2D eigenvalue weighted by Gasteiger charge is -2.17. The van der Waals surface area contributed by atoms with Crippen molar-refractivity contribution < 1.29 is 9.90 Å². The quantitative estimate of drug-likeness (QED) is 0.508. The third-order valence-electron chi connectivity index (χ3n) is 5.81. The van der Waals surface area contributed by atoms with Crippen LogP contribution in [0.2, 0.25) is 5.02 Å². The minimum atomic E-state index is -0.459. The molecule has 4 rings (SSSR count). The van der Waals surface area contributed by atoms with Gasteiger partial charge in [-0.25, -0.2) is 0 Å². The number of H-pyrrole nitrogens is 1. The second kappa shape index (κ2) is 9.45. The smallest absolute Gasteiger partial charge is 0.272 e. The number of amides is 1. The van der Waals surface area contributed by atoms with Crippen molar-refractivity contribution in [2.45, 2.75) is 44.1 Å².